The minimum atomic E-state index is -2.26. The number of hydrogen-bond acceptors (Lipinski definition) is 7. The van der Waals surface area contributed by atoms with Gasteiger partial charge in [0.05, 0.1) is 13.2 Å². The van der Waals surface area contributed by atoms with E-state index in [1.165, 1.54) is 0 Å². The van der Waals surface area contributed by atoms with Gasteiger partial charge in [0.15, 0.2) is 0 Å². The van der Waals surface area contributed by atoms with Crippen LogP contribution in [0.15, 0.2) is 0 Å². The van der Waals surface area contributed by atoms with Gasteiger partial charge in [-0.15, -0.1) is 0 Å². The molecule has 2 rings (SSSR count). The highest BCUT2D eigenvalue weighted by molar-refractivity contribution is 6.02. The summed E-state index contributed by atoms with van der Waals surface area (Å²) in [7, 11) is 0. The van der Waals surface area contributed by atoms with Crippen LogP contribution in [-0.2, 0) is 33.6 Å². The largest absolute Gasteiger partial charge is 0.461 e. The van der Waals surface area contributed by atoms with E-state index in [4.69, 9.17) is 24.0 Å². The van der Waals surface area contributed by atoms with Gasteiger partial charge >= 0.3 is 17.7 Å². The maximum Gasteiger partial charge on any atom is 0.400 e. The van der Waals surface area contributed by atoms with Gasteiger partial charge in [0.1, 0.15) is 0 Å². The molecule has 20 heavy (non-hydrogen) atoms. The molecule has 0 aromatic rings. The molecule has 1 saturated carbocycles. The van der Waals surface area contributed by atoms with Gasteiger partial charge in [-0.05, 0) is 26.7 Å². The van der Waals surface area contributed by atoms with Crippen molar-refractivity contribution in [2.24, 2.45) is 0 Å². The summed E-state index contributed by atoms with van der Waals surface area (Å²) in [6.07, 6.45) is 3.94. The molecule has 1 aliphatic carbocycles. The molecule has 0 N–H and O–H groups in total. The van der Waals surface area contributed by atoms with Crippen LogP contribution in [0.25, 0.3) is 0 Å². The molecule has 7 nitrogen and oxygen atoms in total. The van der Waals surface area contributed by atoms with Crippen LogP contribution in [0.2, 0.25) is 0 Å². The van der Waals surface area contributed by atoms with Crippen LogP contribution < -0.4 is 0 Å². The van der Waals surface area contributed by atoms with Gasteiger partial charge in [0, 0.05) is 12.8 Å². The Hall–Kier alpha value is -1.18. The Balaban J connectivity index is 2.20. The third-order valence-corrected chi connectivity index (χ3v) is 3.34. The maximum absolute atomic E-state index is 12.1. The fourth-order valence-corrected chi connectivity index (χ4v) is 2.39. The zero-order valence-corrected chi connectivity index (χ0v) is 11.8. The second-order valence-electron chi connectivity index (χ2n) is 4.80. The second kappa shape index (κ2) is 6.07. The lowest BCUT2D eigenvalue weighted by Gasteiger charge is -2.30. The maximum atomic E-state index is 12.1. The Morgan fingerprint density at radius 2 is 1.50 bits per heavy atom. The first kappa shape index (κ1) is 15.2. The molecule has 7 heteroatoms. The molecule has 1 spiro atoms. The van der Waals surface area contributed by atoms with E-state index < -0.39 is 23.5 Å². The topological polar surface area (TPSA) is 80.3 Å². The highest BCUT2D eigenvalue weighted by Crippen LogP contribution is 2.43. The van der Waals surface area contributed by atoms with Crippen LogP contribution in [0.5, 0.6) is 0 Å². The molecular formula is C13H20O7. The molecule has 1 heterocycles. The van der Waals surface area contributed by atoms with Gasteiger partial charge in [-0.2, -0.15) is 9.78 Å². The Labute approximate surface area is 117 Å². The van der Waals surface area contributed by atoms with E-state index in [0.29, 0.717) is 12.8 Å². The van der Waals surface area contributed by atoms with Crippen molar-refractivity contribution in [2.45, 2.75) is 57.5 Å². The Morgan fingerprint density at radius 3 is 2.00 bits per heavy atom. The highest BCUT2D eigenvalue weighted by atomic mass is 17.3. The smallest absolute Gasteiger partial charge is 0.400 e. The third kappa shape index (κ3) is 2.65. The minimum absolute atomic E-state index is 0.0969. The molecule has 0 radical (unpaired) electrons. The minimum Gasteiger partial charge on any atom is -0.461 e. The number of ether oxygens (including phenoxy) is 3. The molecule has 0 unspecified atom stereocenters. The lowest BCUT2D eigenvalue weighted by atomic mass is 9.94. The summed E-state index contributed by atoms with van der Waals surface area (Å²) in [6.45, 7) is 3.45. The quantitative estimate of drug-likeness (QED) is 0.440. The molecule has 0 aromatic carbocycles. The van der Waals surface area contributed by atoms with Gasteiger partial charge in [-0.3, -0.25) is 4.74 Å². The fourth-order valence-electron chi connectivity index (χ4n) is 2.39. The first-order chi connectivity index (χ1) is 9.58. The molecule has 0 bridgehead atoms. The monoisotopic (exact) mass is 288 g/mol. The van der Waals surface area contributed by atoms with E-state index in [0.717, 1.165) is 19.3 Å². The van der Waals surface area contributed by atoms with Gasteiger partial charge in [0.2, 0.25) is 5.79 Å². The average Bonchev–Trinajstić information content (AvgIpc) is 2.81. The van der Waals surface area contributed by atoms with Crippen LogP contribution in [0.3, 0.4) is 0 Å². The molecule has 114 valence electrons. The summed E-state index contributed by atoms with van der Waals surface area (Å²) in [5.41, 5.74) is 0. The summed E-state index contributed by atoms with van der Waals surface area (Å²) in [6, 6.07) is 0. The van der Waals surface area contributed by atoms with Crippen molar-refractivity contribution in [1.82, 2.24) is 0 Å². The van der Waals surface area contributed by atoms with Gasteiger partial charge < -0.3 is 9.47 Å². The van der Waals surface area contributed by atoms with Gasteiger partial charge in [-0.1, -0.05) is 6.42 Å². The SMILES string of the molecule is CCOC(=O)C1(C(=O)OCC)OOC2(CCCCC2)O1. The Bertz CT molecular complexity index is 355. The molecule has 0 amide bonds. The van der Waals surface area contributed by atoms with Crippen molar-refractivity contribution >= 4 is 11.9 Å². The average molecular weight is 288 g/mol. The summed E-state index contributed by atoms with van der Waals surface area (Å²) in [4.78, 5) is 34.3. The number of rotatable bonds is 4. The Kier molecular flexibility index (Phi) is 4.62. The fraction of sp³-hybridized carbons (Fsp3) is 0.846. The first-order valence-electron chi connectivity index (χ1n) is 7.00. The van der Waals surface area contributed by atoms with Crippen LogP contribution in [0, 0.1) is 0 Å². The number of esters is 2. The van der Waals surface area contributed by atoms with Gasteiger partial charge in [0.25, 0.3) is 0 Å². The predicted molar refractivity (Wildman–Crippen MR) is 65.1 cm³/mol. The van der Waals surface area contributed by atoms with Crippen molar-refractivity contribution in [2.75, 3.05) is 13.2 Å². The van der Waals surface area contributed by atoms with E-state index >= 15 is 0 Å². The highest BCUT2D eigenvalue weighted by Gasteiger charge is 2.65. The summed E-state index contributed by atoms with van der Waals surface area (Å²) in [5.74, 6) is -5.21. The van der Waals surface area contributed by atoms with Gasteiger partial charge in [-0.25, -0.2) is 9.59 Å². The van der Waals surface area contributed by atoms with Crippen LogP contribution >= 0.6 is 0 Å². The van der Waals surface area contributed by atoms with E-state index in [-0.39, 0.29) is 13.2 Å². The van der Waals surface area contributed by atoms with E-state index in [1.54, 1.807) is 13.8 Å². The molecular weight excluding hydrogens is 268 g/mol. The van der Waals surface area contributed by atoms with Crippen molar-refractivity contribution in [3.8, 4) is 0 Å². The summed E-state index contributed by atoms with van der Waals surface area (Å²) < 4.78 is 15.3. The standard InChI is InChI=1S/C13H20O7/c1-3-16-10(14)13(11(15)17-4-2)18-12(19-20-13)8-6-5-7-9-12/h3-9H2,1-2H3. The van der Waals surface area contributed by atoms with Crippen LogP contribution in [0.1, 0.15) is 46.0 Å². The molecule has 2 aliphatic rings. The van der Waals surface area contributed by atoms with Crippen molar-refractivity contribution in [3.63, 3.8) is 0 Å². The zero-order valence-electron chi connectivity index (χ0n) is 11.8. The number of carbonyl (C=O) groups excluding carboxylic acids is 2. The normalized spacial score (nSPS) is 23.5. The van der Waals surface area contributed by atoms with E-state index in [1.807, 2.05) is 0 Å². The lowest BCUT2D eigenvalue weighted by Crippen LogP contribution is -2.52. The number of hydrogen-bond donors (Lipinski definition) is 0. The second-order valence-corrected chi connectivity index (χ2v) is 4.80. The summed E-state index contributed by atoms with van der Waals surface area (Å²) >= 11 is 0. The van der Waals surface area contributed by atoms with Crippen molar-refractivity contribution in [3.05, 3.63) is 0 Å². The zero-order chi connectivity index (χ0) is 14.6. The van der Waals surface area contributed by atoms with Crippen LogP contribution in [-0.4, -0.2) is 36.7 Å². The van der Waals surface area contributed by atoms with E-state index in [9.17, 15) is 9.59 Å². The number of carbonyl (C=O) groups is 2. The van der Waals surface area contributed by atoms with E-state index in [2.05, 4.69) is 0 Å². The predicted octanol–water partition coefficient (Wildman–Crippen LogP) is 1.45. The molecule has 1 saturated heterocycles. The summed E-state index contributed by atoms with van der Waals surface area (Å²) in [5, 5.41) is 0. The van der Waals surface area contributed by atoms with Crippen LogP contribution in [0.4, 0.5) is 0 Å². The Morgan fingerprint density at radius 1 is 0.950 bits per heavy atom. The molecule has 0 aromatic heterocycles. The van der Waals surface area contributed by atoms with Crippen molar-refractivity contribution < 1.29 is 33.6 Å². The first-order valence-corrected chi connectivity index (χ1v) is 7.00. The lowest BCUT2D eigenvalue weighted by molar-refractivity contribution is -0.347. The molecule has 1 aliphatic heterocycles. The third-order valence-electron chi connectivity index (χ3n) is 3.34. The van der Waals surface area contributed by atoms with Crippen molar-refractivity contribution in [1.29, 1.82) is 0 Å². The molecule has 0 atom stereocenters. The molecule has 2 fully saturated rings.